The Labute approximate surface area is 113 Å². The van der Waals surface area contributed by atoms with Crippen molar-refractivity contribution in [1.29, 1.82) is 0 Å². The standard InChI is InChI=1S/C12H17ClN2O2S/c13-11-2-3-12(14)10(8-11)9-15-4-1-6-18(16,17)7-5-15/h2-3,8H,1,4-7,9,14H2. The van der Waals surface area contributed by atoms with Gasteiger partial charge >= 0.3 is 0 Å². The highest BCUT2D eigenvalue weighted by Gasteiger charge is 2.19. The fraction of sp³-hybridized carbons (Fsp3) is 0.500. The molecule has 18 heavy (non-hydrogen) atoms. The topological polar surface area (TPSA) is 63.4 Å². The largest absolute Gasteiger partial charge is 0.398 e. The summed E-state index contributed by atoms with van der Waals surface area (Å²) in [7, 11) is -2.86. The quantitative estimate of drug-likeness (QED) is 0.839. The summed E-state index contributed by atoms with van der Waals surface area (Å²) < 4.78 is 23.0. The highest BCUT2D eigenvalue weighted by Crippen LogP contribution is 2.20. The number of hydrogen-bond donors (Lipinski definition) is 1. The maximum Gasteiger partial charge on any atom is 0.151 e. The Morgan fingerprint density at radius 2 is 2.06 bits per heavy atom. The molecular weight excluding hydrogens is 272 g/mol. The zero-order chi connectivity index (χ0) is 13.2. The van der Waals surface area contributed by atoms with Gasteiger partial charge in [-0.25, -0.2) is 8.42 Å². The second kappa shape index (κ2) is 5.47. The normalized spacial score (nSPS) is 20.5. The van der Waals surface area contributed by atoms with Crippen molar-refractivity contribution in [2.24, 2.45) is 0 Å². The van der Waals surface area contributed by atoms with Crippen molar-refractivity contribution >= 4 is 27.1 Å². The van der Waals surface area contributed by atoms with Crippen molar-refractivity contribution in [3.63, 3.8) is 0 Å². The predicted molar refractivity (Wildman–Crippen MR) is 74.4 cm³/mol. The Morgan fingerprint density at radius 3 is 2.83 bits per heavy atom. The van der Waals surface area contributed by atoms with Crippen molar-refractivity contribution in [2.75, 3.05) is 30.3 Å². The van der Waals surface area contributed by atoms with Gasteiger partial charge in [0.25, 0.3) is 0 Å². The van der Waals surface area contributed by atoms with Gasteiger partial charge in [-0.1, -0.05) is 11.6 Å². The summed E-state index contributed by atoms with van der Waals surface area (Å²) in [6, 6.07) is 5.38. The van der Waals surface area contributed by atoms with Gasteiger partial charge in [-0.3, -0.25) is 4.90 Å². The van der Waals surface area contributed by atoms with Crippen molar-refractivity contribution in [2.45, 2.75) is 13.0 Å². The fourth-order valence-electron chi connectivity index (χ4n) is 2.10. The number of sulfone groups is 1. The molecule has 1 fully saturated rings. The molecule has 1 heterocycles. The summed E-state index contributed by atoms with van der Waals surface area (Å²) in [6.45, 7) is 2.00. The molecule has 100 valence electrons. The van der Waals surface area contributed by atoms with E-state index in [4.69, 9.17) is 17.3 Å². The average molecular weight is 289 g/mol. The number of benzene rings is 1. The average Bonchev–Trinajstić information content (AvgIpc) is 2.46. The van der Waals surface area contributed by atoms with Gasteiger partial charge in [0.1, 0.15) is 0 Å². The van der Waals surface area contributed by atoms with Crippen LogP contribution in [0.15, 0.2) is 18.2 Å². The monoisotopic (exact) mass is 288 g/mol. The third-order valence-corrected chi connectivity index (χ3v) is 5.10. The van der Waals surface area contributed by atoms with Crippen LogP contribution in [0.1, 0.15) is 12.0 Å². The van der Waals surface area contributed by atoms with Crippen LogP contribution in [-0.2, 0) is 16.4 Å². The highest BCUT2D eigenvalue weighted by molar-refractivity contribution is 7.91. The lowest BCUT2D eigenvalue weighted by Crippen LogP contribution is -2.27. The van der Waals surface area contributed by atoms with Gasteiger partial charge in [-0.15, -0.1) is 0 Å². The smallest absolute Gasteiger partial charge is 0.151 e. The molecule has 1 saturated heterocycles. The maximum atomic E-state index is 11.5. The van der Waals surface area contributed by atoms with E-state index in [0.29, 0.717) is 30.2 Å². The lowest BCUT2D eigenvalue weighted by atomic mass is 10.1. The third-order valence-electron chi connectivity index (χ3n) is 3.15. The van der Waals surface area contributed by atoms with Crippen LogP contribution in [0, 0.1) is 0 Å². The molecule has 0 saturated carbocycles. The van der Waals surface area contributed by atoms with Crippen molar-refractivity contribution in [3.8, 4) is 0 Å². The van der Waals surface area contributed by atoms with Crippen molar-refractivity contribution in [3.05, 3.63) is 28.8 Å². The lowest BCUT2D eigenvalue weighted by Gasteiger charge is -2.20. The summed E-state index contributed by atoms with van der Waals surface area (Å²) in [6.07, 6.45) is 0.683. The van der Waals surface area contributed by atoms with Gasteiger partial charge in [0, 0.05) is 23.8 Å². The summed E-state index contributed by atoms with van der Waals surface area (Å²) in [5.74, 6) is 0.516. The minimum Gasteiger partial charge on any atom is -0.398 e. The number of nitrogens with two attached hydrogens (primary N) is 1. The summed E-state index contributed by atoms with van der Waals surface area (Å²) in [4.78, 5) is 2.12. The van der Waals surface area contributed by atoms with Crippen LogP contribution in [0.3, 0.4) is 0 Å². The second-order valence-corrected chi connectivity index (χ2v) is 7.36. The van der Waals surface area contributed by atoms with E-state index in [1.54, 1.807) is 12.1 Å². The van der Waals surface area contributed by atoms with E-state index in [9.17, 15) is 8.42 Å². The lowest BCUT2D eigenvalue weighted by molar-refractivity contribution is 0.288. The Bertz CT molecular complexity index is 531. The maximum absolute atomic E-state index is 11.5. The Kier molecular flexibility index (Phi) is 4.14. The van der Waals surface area contributed by atoms with Crippen LogP contribution in [0.4, 0.5) is 5.69 Å². The van der Waals surface area contributed by atoms with E-state index in [-0.39, 0.29) is 11.5 Å². The zero-order valence-electron chi connectivity index (χ0n) is 10.1. The molecule has 0 radical (unpaired) electrons. The van der Waals surface area contributed by atoms with Crippen molar-refractivity contribution in [1.82, 2.24) is 4.90 Å². The number of rotatable bonds is 2. The number of nitrogen functional groups attached to an aromatic ring is 1. The third kappa shape index (κ3) is 3.60. The van der Waals surface area contributed by atoms with Gasteiger partial charge in [-0.2, -0.15) is 0 Å². The van der Waals surface area contributed by atoms with Gasteiger partial charge < -0.3 is 5.73 Å². The first-order valence-electron chi connectivity index (χ1n) is 5.93. The Balaban J connectivity index is 2.07. The van der Waals surface area contributed by atoms with Crippen LogP contribution < -0.4 is 5.73 Å². The summed E-state index contributed by atoms with van der Waals surface area (Å²) in [5.41, 5.74) is 7.56. The van der Waals surface area contributed by atoms with E-state index in [1.807, 2.05) is 6.07 Å². The van der Waals surface area contributed by atoms with Crippen molar-refractivity contribution < 1.29 is 8.42 Å². The summed E-state index contributed by atoms with van der Waals surface area (Å²) >= 11 is 5.94. The minimum absolute atomic E-state index is 0.230. The van der Waals surface area contributed by atoms with Crippen LogP contribution in [0.25, 0.3) is 0 Å². The predicted octanol–water partition coefficient (Wildman–Crippen LogP) is 1.54. The molecule has 0 atom stereocenters. The molecule has 1 aromatic carbocycles. The molecule has 6 heteroatoms. The van der Waals surface area contributed by atoms with Crippen LogP contribution >= 0.6 is 11.6 Å². The first-order valence-corrected chi connectivity index (χ1v) is 8.13. The van der Waals surface area contributed by atoms with Gasteiger partial charge in [0.15, 0.2) is 9.84 Å². The highest BCUT2D eigenvalue weighted by atomic mass is 35.5. The van der Waals surface area contributed by atoms with E-state index in [1.165, 1.54) is 0 Å². The molecular formula is C12H17ClN2O2S. The minimum atomic E-state index is -2.86. The number of hydrogen-bond acceptors (Lipinski definition) is 4. The first-order chi connectivity index (χ1) is 8.46. The van der Waals surface area contributed by atoms with Crippen LogP contribution in [0.2, 0.25) is 5.02 Å². The molecule has 0 aromatic heterocycles. The molecule has 0 unspecified atom stereocenters. The first kappa shape index (κ1) is 13.6. The number of anilines is 1. The van der Waals surface area contributed by atoms with Gasteiger partial charge in [0.05, 0.1) is 11.5 Å². The van der Waals surface area contributed by atoms with E-state index >= 15 is 0 Å². The van der Waals surface area contributed by atoms with E-state index < -0.39 is 9.84 Å². The van der Waals surface area contributed by atoms with Gasteiger partial charge in [0.2, 0.25) is 0 Å². The molecule has 0 bridgehead atoms. The van der Waals surface area contributed by atoms with E-state index in [0.717, 1.165) is 12.1 Å². The molecule has 4 nitrogen and oxygen atoms in total. The van der Waals surface area contributed by atoms with Gasteiger partial charge in [-0.05, 0) is 36.7 Å². The molecule has 0 amide bonds. The number of nitrogens with zero attached hydrogens (tertiary/aromatic N) is 1. The second-order valence-electron chi connectivity index (χ2n) is 4.62. The number of halogens is 1. The molecule has 1 aliphatic rings. The fourth-order valence-corrected chi connectivity index (χ4v) is 3.60. The Hall–Kier alpha value is -0.780. The molecule has 1 aromatic rings. The van der Waals surface area contributed by atoms with Crippen LogP contribution in [0.5, 0.6) is 0 Å². The molecule has 2 N–H and O–H groups in total. The van der Waals surface area contributed by atoms with Crippen LogP contribution in [-0.4, -0.2) is 37.9 Å². The SMILES string of the molecule is Nc1ccc(Cl)cc1CN1CCCS(=O)(=O)CC1. The molecule has 2 rings (SSSR count). The molecule has 0 spiro atoms. The van der Waals surface area contributed by atoms with E-state index in [2.05, 4.69) is 4.90 Å². The molecule has 1 aliphatic heterocycles. The molecule has 0 aliphatic carbocycles. The zero-order valence-corrected chi connectivity index (χ0v) is 11.7. The summed E-state index contributed by atoms with van der Waals surface area (Å²) in [5, 5.41) is 0.654. The Morgan fingerprint density at radius 1 is 1.28 bits per heavy atom.